The predicted molar refractivity (Wildman–Crippen MR) is 63.3 cm³/mol. The first-order valence-corrected chi connectivity index (χ1v) is 5.82. The van der Waals surface area contributed by atoms with Gasteiger partial charge in [-0.15, -0.1) is 0 Å². The van der Waals surface area contributed by atoms with Crippen LogP contribution in [-0.4, -0.2) is 53.1 Å². The molecule has 0 aliphatic carbocycles. The summed E-state index contributed by atoms with van der Waals surface area (Å²) >= 11 is 0. The molecule has 0 bridgehead atoms. The van der Waals surface area contributed by atoms with Gasteiger partial charge in [0.1, 0.15) is 11.3 Å². The lowest BCUT2D eigenvalue weighted by Gasteiger charge is -2.44. The van der Waals surface area contributed by atoms with Crippen LogP contribution in [0.2, 0.25) is 0 Å². The maximum atomic E-state index is 12.0. The fraction of sp³-hybridized carbons (Fsp3) is 0.750. The van der Waals surface area contributed by atoms with Crippen LogP contribution in [0.25, 0.3) is 0 Å². The summed E-state index contributed by atoms with van der Waals surface area (Å²) in [4.78, 5) is 38.0. The monoisotopic (exact) mass is 240 g/mol. The molecule has 5 heteroatoms. The first-order chi connectivity index (χ1) is 7.76. The minimum Gasteiger partial charge on any atom is -0.342 e. The zero-order valence-electron chi connectivity index (χ0n) is 10.9. The fourth-order valence-electron chi connectivity index (χ4n) is 2.07. The van der Waals surface area contributed by atoms with Gasteiger partial charge < -0.3 is 14.6 Å². The zero-order valence-corrected chi connectivity index (χ0v) is 10.9. The molecule has 0 spiro atoms. The van der Waals surface area contributed by atoms with Crippen LogP contribution in [0.5, 0.6) is 0 Å². The number of carbonyl (C=O) groups is 3. The Morgan fingerprint density at radius 2 is 1.82 bits per heavy atom. The molecule has 1 rings (SSSR count). The Balaban J connectivity index is 2.73. The summed E-state index contributed by atoms with van der Waals surface area (Å²) in [6, 6.07) is 0. The van der Waals surface area contributed by atoms with Crippen LogP contribution in [0.4, 0.5) is 0 Å². The van der Waals surface area contributed by atoms with Crippen molar-refractivity contribution in [2.45, 2.75) is 39.2 Å². The highest BCUT2D eigenvalue weighted by Gasteiger charge is 2.42. The van der Waals surface area contributed by atoms with E-state index in [1.54, 1.807) is 30.7 Å². The predicted octanol–water partition coefficient (Wildman–Crippen LogP) is 0.435. The van der Waals surface area contributed by atoms with Crippen molar-refractivity contribution in [1.29, 1.82) is 0 Å². The number of hydrogen-bond acceptors (Lipinski definition) is 3. The van der Waals surface area contributed by atoms with E-state index in [0.29, 0.717) is 13.1 Å². The quantitative estimate of drug-likeness (QED) is 0.719. The van der Waals surface area contributed by atoms with Crippen LogP contribution >= 0.6 is 0 Å². The van der Waals surface area contributed by atoms with E-state index in [1.807, 2.05) is 0 Å². The molecule has 0 saturated carbocycles. The van der Waals surface area contributed by atoms with Crippen LogP contribution in [0.15, 0.2) is 0 Å². The van der Waals surface area contributed by atoms with Crippen molar-refractivity contribution in [3.8, 4) is 0 Å². The second-order valence-electron chi connectivity index (χ2n) is 5.03. The number of likely N-dealkylation sites (N-methyl/N-ethyl adjacent to an activating group) is 1. The second kappa shape index (κ2) is 4.85. The molecule has 0 aromatic carbocycles. The van der Waals surface area contributed by atoms with Gasteiger partial charge >= 0.3 is 0 Å². The standard InChI is InChI=1S/C12H20N2O3/c1-9(15)5-6-10(16)14-8-7-13(4)11(17)12(14,2)3/h5-8H2,1-4H3. The third kappa shape index (κ3) is 2.84. The van der Waals surface area contributed by atoms with Gasteiger partial charge in [0.15, 0.2) is 0 Å². The molecule has 1 aliphatic rings. The minimum absolute atomic E-state index is 0.00314. The molecule has 1 fully saturated rings. The molecule has 0 aromatic heterocycles. The van der Waals surface area contributed by atoms with Crippen LogP contribution in [0, 0.1) is 0 Å². The van der Waals surface area contributed by atoms with Gasteiger partial charge in [0, 0.05) is 33.0 Å². The Hall–Kier alpha value is -1.39. The molecular formula is C12H20N2O3. The van der Waals surface area contributed by atoms with Crippen molar-refractivity contribution in [2.75, 3.05) is 20.1 Å². The number of hydrogen-bond donors (Lipinski definition) is 0. The molecule has 0 atom stereocenters. The SMILES string of the molecule is CC(=O)CCC(=O)N1CCN(C)C(=O)C1(C)C. The van der Waals surface area contributed by atoms with E-state index in [-0.39, 0.29) is 30.4 Å². The topological polar surface area (TPSA) is 57.7 Å². The van der Waals surface area contributed by atoms with E-state index < -0.39 is 5.54 Å². The molecule has 0 N–H and O–H groups in total. The minimum atomic E-state index is -0.805. The molecular weight excluding hydrogens is 220 g/mol. The maximum absolute atomic E-state index is 12.0. The van der Waals surface area contributed by atoms with E-state index in [0.717, 1.165) is 0 Å². The average molecular weight is 240 g/mol. The van der Waals surface area contributed by atoms with E-state index in [1.165, 1.54) is 6.92 Å². The molecule has 0 unspecified atom stereocenters. The van der Waals surface area contributed by atoms with Gasteiger partial charge in [0.25, 0.3) is 0 Å². The Morgan fingerprint density at radius 3 is 2.35 bits per heavy atom. The summed E-state index contributed by atoms with van der Waals surface area (Å²) in [5, 5.41) is 0. The molecule has 96 valence electrons. The molecule has 0 aromatic rings. The van der Waals surface area contributed by atoms with Gasteiger partial charge in [-0.3, -0.25) is 9.59 Å². The zero-order chi connectivity index (χ0) is 13.2. The van der Waals surface area contributed by atoms with Crippen molar-refractivity contribution < 1.29 is 14.4 Å². The molecule has 17 heavy (non-hydrogen) atoms. The summed E-state index contributed by atoms with van der Waals surface area (Å²) in [5.41, 5.74) is -0.805. The van der Waals surface area contributed by atoms with E-state index in [9.17, 15) is 14.4 Å². The van der Waals surface area contributed by atoms with Gasteiger partial charge in [-0.25, -0.2) is 0 Å². The second-order valence-corrected chi connectivity index (χ2v) is 5.03. The molecule has 1 heterocycles. The lowest BCUT2D eigenvalue weighted by atomic mass is 9.97. The maximum Gasteiger partial charge on any atom is 0.247 e. The fourth-order valence-corrected chi connectivity index (χ4v) is 2.07. The number of ketones is 1. The number of carbonyl (C=O) groups excluding carboxylic acids is 3. The third-order valence-corrected chi connectivity index (χ3v) is 3.20. The van der Waals surface area contributed by atoms with Gasteiger partial charge in [-0.1, -0.05) is 0 Å². The van der Waals surface area contributed by atoms with E-state index in [2.05, 4.69) is 0 Å². The van der Waals surface area contributed by atoms with Gasteiger partial charge in [-0.2, -0.15) is 0 Å². The number of nitrogens with zero attached hydrogens (tertiary/aromatic N) is 2. The Labute approximate surface area is 102 Å². The smallest absolute Gasteiger partial charge is 0.247 e. The average Bonchev–Trinajstić information content (AvgIpc) is 2.23. The van der Waals surface area contributed by atoms with Crippen molar-refractivity contribution in [2.24, 2.45) is 0 Å². The van der Waals surface area contributed by atoms with Crippen molar-refractivity contribution >= 4 is 17.6 Å². The van der Waals surface area contributed by atoms with Gasteiger partial charge in [-0.05, 0) is 20.8 Å². The van der Waals surface area contributed by atoms with E-state index >= 15 is 0 Å². The summed E-state index contributed by atoms with van der Waals surface area (Å²) < 4.78 is 0. The van der Waals surface area contributed by atoms with Crippen LogP contribution in [0.3, 0.4) is 0 Å². The largest absolute Gasteiger partial charge is 0.342 e. The molecule has 5 nitrogen and oxygen atoms in total. The first-order valence-electron chi connectivity index (χ1n) is 5.82. The van der Waals surface area contributed by atoms with Crippen molar-refractivity contribution in [3.63, 3.8) is 0 Å². The highest BCUT2D eigenvalue weighted by molar-refractivity contribution is 5.92. The van der Waals surface area contributed by atoms with Crippen molar-refractivity contribution in [3.05, 3.63) is 0 Å². The summed E-state index contributed by atoms with van der Waals surface area (Å²) in [6.45, 7) is 6.04. The molecule has 1 aliphatic heterocycles. The van der Waals surface area contributed by atoms with Crippen LogP contribution < -0.4 is 0 Å². The number of rotatable bonds is 3. The highest BCUT2D eigenvalue weighted by atomic mass is 16.2. The van der Waals surface area contributed by atoms with E-state index in [4.69, 9.17) is 0 Å². The number of Topliss-reactive ketones (excluding diaryl/α,β-unsaturated/α-hetero) is 1. The Bertz CT molecular complexity index is 350. The Morgan fingerprint density at radius 1 is 1.24 bits per heavy atom. The van der Waals surface area contributed by atoms with Gasteiger partial charge in [0.2, 0.25) is 11.8 Å². The van der Waals surface area contributed by atoms with Gasteiger partial charge in [0.05, 0.1) is 0 Å². The summed E-state index contributed by atoms with van der Waals surface area (Å²) in [5.74, 6) is -0.178. The van der Waals surface area contributed by atoms with Crippen LogP contribution in [0.1, 0.15) is 33.6 Å². The Kier molecular flexibility index (Phi) is 3.91. The molecule has 0 radical (unpaired) electrons. The third-order valence-electron chi connectivity index (χ3n) is 3.20. The summed E-state index contributed by atoms with van der Waals surface area (Å²) in [6.07, 6.45) is 0.436. The molecule has 2 amide bonds. The highest BCUT2D eigenvalue weighted by Crippen LogP contribution is 2.22. The normalized spacial score (nSPS) is 19.4. The lowest BCUT2D eigenvalue weighted by molar-refractivity contribution is -0.157. The van der Waals surface area contributed by atoms with Crippen LogP contribution in [-0.2, 0) is 14.4 Å². The summed E-state index contributed by atoms with van der Waals surface area (Å²) in [7, 11) is 1.74. The molecule has 1 saturated heterocycles. The number of piperazine rings is 1. The first kappa shape index (κ1) is 13.7. The number of amides is 2. The van der Waals surface area contributed by atoms with Crippen molar-refractivity contribution in [1.82, 2.24) is 9.80 Å². The lowest BCUT2D eigenvalue weighted by Crippen LogP contribution is -2.63.